The summed E-state index contributed by atoms with van der Waals surface area (Å²) in [5.41, 5.74) is 2.60. The van der Waals surface area contributed by atoms with Crippen LogP contribution in [0.5, 0.6) is 17.2 Å². The van der Waals surface area contributed by atoms with E-state index in [-0.39, 0.29) is 0 Å². The topological polar surface area (TPSA) is 64.0 Å². The van der Waals surface area contributed by atoms with E-state index in [1.54, 1.807) is 14.2 Å². The zero-order chi connectivity index (χ0) is 17.6. The van der Waals surface area contributed by atoms with Crippen LogP contribution >= 0.6 is 0 Å². The van der Waals surface area contributed by atoms with Gasteiger partial charge in [-0.3, -0.25) is 0 Å². The first-order chi connectivity index (χ1) is 12.3. The number of hydrogen-bond acceptors (Lipinski definition) is 6. The molecular formula is C19H22N2O4. The third kappa shape index (κ3) is 3.72. The maximum Gasteiger partial charge on any atom is 0.203 e. The van der Waals surface area contributed by atoms with Gasteiger partial charge in [-0.1, -0.05) is 6.08 Å². The van der Waals surface area contributed by atoms with Crippen LogP contribution in [-0.4, -0.2) is 52.0 Å². The second-order valence-electron chi connectivity index (χ2n) is 5.82. The van der Waals surface area contributed by atoms with Gasteiger partial charge in [0.25, 0.3) is 0 Å². The lowest BCUT2D eigenvalue weighted by Crippen LogP contribution is -2.32. The van der Waals surface area contributed by atoms with Crippen molar-refractivity contribution in [2.24, 2.45) is 0 Å². The fraction of sp³-hybridized carbons (Fsp3) is 0.421. The van der Waals surface area contributed by atoms with Crippen LogP contribution in [0.1, 0.15) is 11.1 Å². The molecule has 25 heavy (non-hydrogen) atoms. The molecule has 0 bridgehead atoms. The highest BCUT2D eigenvalue weighted by molar-refractivity contribution is 5.71. The molecule has 0 unspecified atom stereocenters. The van der Waals surface area contributed by atoms with Crippen LogP contribution in [-0.2, 0) is 11.2 Å². The molecule has 6 heteroatoms. The molecule has 0 aromatic heterocycles. The molecule has 6 nitrogen and oxygen atoms in total. The van der Waals surface area contributed by atoms with Gasteiger partial charge in [0.05, 0.1) is 33.5 Å². The van der Waals surface area contributed by atoms with Crippen molar-refractivity contribution in [2.75, 3.05) is 47.1 Å². The Morgan fingerprint density at radius 1 is 1.32 bits per heavy atom. The largest absolute Gasteiger partial charge is 0.493 e. The summed E-state index contributed by atoms with van der Waals surface area (Å²) in [4.78, 5) is 2.13. The van der Waals surface area contributed by atoms with E-state index in [1.807, 2.05) is 24.4 Å². The van der Waals surface area contributed by atoms with E-state index in [1.165, 1.54) is 0 Å². The molecule has 2 aliphatic rings. The van der Waals surface area contributed by atoms with E-state index in [0.717, 1.165) is 24.2 Å². The lowest BCUT2D eigenvalue weighted by Gasteiger charge is -2.26. The van der Waals surface area contributed by atoms with E-state index in [4.69, 9.17) is 18.9 Å². The highest BCUT2D eigenvalue weighted by Gasteiger charge is 2.22. The number of nitriles is 1. The zero-order valence-corrected chi connectivity index (χ0v) is 14.6. The first-order valence-electron chi connectivity index (χ1n) is 8.26. The van der Waals surface area contributed by atoms with Gasteiger partial charge >= 0.3 is 0 Å². The van der Waals surface area contributed by atoms with Crippen LogP contribution in [0.2, 0.25) is 0 Å². The number of methoxy groups -OCH3 is 2. The molecule has 0 radical (unpaired) electrons. The maximum absolute atomic E-state index is 9.57. The highest BCUT2D eigenvalue weighted by Crippen LogP contribution is 2.44. The molecule has 2 aliphatic heterocycles. The molecule has 0 atom stereocenters. The van der Waals surface area contributed by atoms with Crippen molar-refractivity contribution in [1.29, 1.82) is 5.26 Å². The number of hydrogen-bond donors (Lipinski definition) is 0. The quantitative estimate of drug-likeness (QED) is 0.766. The first kappa shape index (κ1) is 17.2. The summed E-state index contributed by atoms with van der Waals surface area (Å²) in [6.07, 6.45) is 6.40. The van der Waals surface area contributed by atoms with E-state index < -0.39 is 0 Å². The van der Waals surface area contributed by atoms with E-state index in [2.05, 4.69) is 11.0 Å². The Labute approximate surface area is 147 Å². The fourth-order valence-corrected chi connectivity index (χ4v) is 3.04. The van der Waals surface area contributed by atoms with Crippen LogP contribution in [0.3, 0.4) is 0 Å². The van der Waals surface area contributed by atoms with E-state index in [9.17, 15) is 5.26 Å². The molecule has 0 N–H and O–H groups in total. The van der Waals surface area contributed by atoms with Crippen LogP contribution in [0, 0.1) is 11.3 Å². The molecule has 132 valence electrons. The van der Waals surface area contributed by atoms with Gasteiger partial charge in [0.15, 0.2) is 11.5 Å². The van der Waals surface area contributed by atoms with Crippen molar-refractivity contribution in [2.45, 2.75) is 6.42 Å². The number of rotatable bonds is 5. The summed E-state index contributed by atoms with van der Waals surface area (Å²) in [6.45, 7) is 3.48. The minimum atomic E-state index is 0.491. The number of benzene rings is 1. The average Bonchev–Trinajstić information content (AvgIpc) is 2.67. The number of ether oxygens (including phenoxy) is 4. The van der Waals surface area contributed by atoms with Crippen LogP contribution < -0.4 is 14.2 Å². The smallest absolute Gasteiger partial charge is 0.203 e. The van der Waals surface area contributed by atoms with Crippen molar-refractivity contribution < 1.29 is 18.9 Å². The normalized spacial score (nSPS) is 16.7. The Hall–Kier alpha value is -2.65. The van der Waals surface area contributed by atoms with Crippen molar-refractivity contribution >= 4 is 6.08 Å². The van der Waals surface area contributed by atoms with Crippen LogP contribution in [0.25, 0.3) is 6.08 Å². The lowest BCUT2D eigenvalue weighted by atomic mass is 9.97. The number of fused-ring (bicyclic) bond motifs is 1. The van der Waals surface area contributed by atoms with E-state index >= 15 is 0 Å². The van der Waals surface area contributed by atoms with E-state index in [0.29, 0.717) is 49.1 Å². The number of allylic oxidation sites excluding steroid dienone is 1. The highest BCUT2D eigenvalue weighted by atomic mass is 16.5. The minimum Gasteiger partial charge on any atom is -0.493 e. The van der Waals surface area contributed by atoms with Crippen molar-refractivity contribution in [1.82, 2.24) is 4.90 Å². The van der Waals surface area contributed by atoms with Gasteiger partial charge in [0.2, 0.25) is 5.75 Å². The summed E-state index contributed by atoms with van der Waals surface area (Å²) in [7, 11) is 3.19. The fourth-order valence-electron chi connectivity index (χ4n) is 3.04. The SMILES string of the molecule is COc1cc(C/C(C#N)=C/N2CCOCC2)c2c(c1OC)OCC=C2. The molecule has 1 fully saturated rings. The Bertz CT molecular complexity index is 728. The number of morpholine rings is 1. The summed E-state index contributed by atoms with van der Waals surface area (Å²) in [5.74, 6) is 1.86. The van der Waals surface area contributed by atoms with Gasteiger partial charge in [-0.25, -0.2) is 0 Å². The second-order valence-corrected chi connectivity index (χ2v) is 5.82. The second kappa shape index (κ2) is 7.95. The van der Waals surface area contributed by atoms with Crippen molar-refractivity contribution in [3.05, 3.63) is 35.0 Å². The molecular weight excluding hydrogens is 320 g/mol. The zero-order valence-electron chi connectivity index (χ0n) is 14.6. The molecule has 1 saturated heterocycles. The van der Waals surface area contributed by atoms with Crippen LogP contribution in [0.4, 0.5) is 0 Å². The Balaban J connectivity index is 1.95. The lowest BCUT2D eigenvalue weighted by molar-refractivity contribution is 0.0591. The van der Waals surface area contributed by atoms with Gasteiger partial charge < -0.3 is 23.8 Å². The number of nitrogens with zero attached hydrogens (tertiary/aromatic N) is 2. The molecule has 2 heterocycles. The third-order valence-corrected chi connectivity index (χ3v) is 4.27. The Morgan fingerprint density at radius 3 is 2.80 bits per heavy atom. The predicted molar refractivity (Wildman–Crippen MR) is 93.9 cm³/mol. The maximum atomic E-state index is 9.57. The van der Waals surface area contributed by atoms with Crippen molar-refractivity contribution in [3.8, 4) is 23.3 Å². The molecule has 0 aliphatic carbocycles. The summed E-state index contributed by atoms with van der Waals surface area (Å²) in [5, 5.41) is 9.57. The van der Waals surface area contributed by atoms with Gasteiger partial charge in [0, 0.05) is 36.8 Å². The van der Waals surface area contributed by atoms with Gasteiger partial charge in [-0.2, -0.15) is 5.26 Å². The molecule has 1 aromatic rings. The average molecular weight is 342 g/mol. The van der Waals surface area contributed by atoms with Crippen LogP contribution in [0.15, 0.2) is 23.9 Å². The monoisotopic (exact) mass is 342 g/mol. The summed E-state index contributed by atoms with van der Waals surface area (Å²) in [6, 6.07) is 4.23. The predicted octanol–water partition coefficient (Wildman–Crippen LogP) is 2.39. The Kier molecular flexibility index (Phi) is 5.46. The Morgan fingerprint density at radius 2 is 2.12 bits per heavy atom. The van der Waals surface area contributed by atoms with Gasteiger partial charge in [-0.15, -0.1) is 0 Å². The molecule has 1 aromatic carbocycles. The first-order valence-corrected chi connectivity index (χ1v) is 8.26. The van der Waals surface area contributed by atoms with Crippen molar-refractivity contribution in [3.63, 3.8) is 0 Å². The molecule has 0 spiro atoms. The summed E-state index contributed by atoms with van der Waals surface area (Å²) >= 11 is 0. The van der Waals surface area contributed by atoms with Gasteiger partial charge in [0.1, 0.15) is 6.61 Å². The van der Waals surface area contributed by atoms with Gasteiger partial charge in [-0.05, 0) is 17.7 Å². The summed E-state index contributed by atoms with van der Waals surface area (Å²) < 4.78 is 22.0. The molecule has 0 saturated carbocycles. The molecule has 0 amide bonds. The minimum absolute atomic E-state index is 0.491. The standard InChI is InChI=1S/C19H22N2O4/c1-22-17-11-15(16-4-3-7-25-18(16)19(17)23-2)10-14(12-20)13-21-5-8-24-9-6-21/h3-4,11,13H,5-10H2,1-2H3/b14-13-. The molecule has 3 rings (SSSR count). The third-order valence-electron chi connectivity index (χ3n) is 4.27.